The first-order valence-corrected chi connectivity index (χ1v) is 23.6. The molecule has 47 heavy (non-hydrogen) atoms. The number of ether oxygens (including phenoxy) is 2. The average Bonchev–Trinajstić information content (AvgIpc) is 2.92. The van der Waals surface area contributed by atoms with Crippen molar-refractivity contribution >= 4 is 30.0 Å². The maximum absolute atomic E-state index is 14.0. The van der Waals surface area contributed by atoms with Gasteiger partial charge in [0.2, 0.25) is 0 Å². The van der Waals surface area contributed by atoms with Gasteiger partial charge in [-0.15, -0.1) is 13.2 Å². The molecule has 0 saturated carbocycles. The van der Waals surface area contributed by atoms with E-state index in [2.05, 4.69) is 106 Å². The number of fused-ring (bicyclic) bond motifs is 1. The van der Waals surface area contributed by atoms with Gasteiger partial charge in [-0.1, -0.05) is 71.9 Å². The number of cyclic esters (lactones) is 1. The second kappa shape index (κ2) is 15.4. The molecule has 0 aromatic rings. The summed E-state index contributed by atoms with van der Waals surface area (Å²) in [4.78, 5) is 27.6. The summed E-state index contributed by atoms with van der Waals surface area (Å²) in [6.07, 6.45) is 13.4. The molecule has 3 aliphatic rings. The fourth-order valence-corrected chi connectivity index (χ4v) is 10.4. The minimum Gasteiger partial charge on any atom is -0.461 e. The summed E-state index contributed by atoms with van der Waals surface area (Å²) in [5.74, 6) is -0.121. The third kappa shape index (κ3) is 9.70. The van der Waals surface area contributed by atoms with Crippen molar-refractivity contribution in [2.24, 2.45) is 39.9 Å². The van der Waals surface area contributed by atoms with Gasteiger partial charge in [-0.05, 0) is 94.5 Å². The molecule has 0 N–H and O–H groups in total. The molecule has 8 heteroatoms. The highest BCUT2D eigenvalue weighted by atomic mass is 28.3. The third-order valence-electron chi connectivity index (χ3n) is 10.7. The van der Waals surface area contributed by atoms with Gasteiger partial charge >= 0.3 is 11.9 Å². The minimum atomic E-state index is -1.55. The van der Waals surface area contributed by atoms with Crippen LogP contribution in [0.5, 0.6) is 0 Å². The number of hydrogen-bond donors (Lipinski definition) is 0. The maximum Gasteiger partial charge on any atom is 0.334 e. The maximum atomic E-state index is 14.0. The fourth-order valence-electron chi connectivity index (χ4n) is 8.20. The Bertz CT molecular complexity index is 1180. The third-order valence-corrected chi connectivity index (χ3v) is 12.6. The predicted molar refractivity (Wildman–Crippen MR) is 198 cm³/mol. The molecule has 0 aromatic heterocycles. The second-order valence-electron chi connectivity index (χ2n) is 17.7. The van der Waals surface area contributed by atoms with Gasteiger partial charge in [0, 0.05) is 24.2 Å². The first-order valence-electron chi connectivity index (χ1n) is 18.0. The van der Waals surface area contributed by atoms with Gasteiger partial charge in [0.25, 0.3) is 0 Å². The Morgan fingerprint density at radius 3 is 2.06 bits per heavy atom. The van der Waals surface area contributed by atoms with Crippen molar-refractivity contribution in [3.63, 3.8) is 0 Å². The van der Waals surface area contributed by atoms with Crippen LogP contribution < -0.4 is 0 Å². The van der Waals surface area contributed by atoms with Crippen LogP contribution in [0.25, 0.3) is 0 Å². The van der Waals surface area contributed by atoms with Crippen molar-refractivity contribution < 1.29 is 27.9 Å². The zero-order chi connectivity index (χ0) is 35.5. The van der Waals surface area contributed by atoms with Crippen molar-refractivity contribution in [2.75, 3.05) is 0 Å². The molecule has 1 heterocycles. The van der Waals surface area contributed by atoms with Gasteiger partial charge in [-0.3, -0.25) is 4.79 Å². The van der Waals surface area contributed by atoms with Crippen molar-refractivity contribution in [2.45, 2.75) is 144 Å². The normalized spacial score (nSPS) is 29.9. The Hall–Kier alpha value is -1.75. The van der Waals surface area contributed by atoms with E-state index in [9.17, 15) is 9.59 Å². The topological polar surface area (TPSA) is 71.1 Å². The molecule has 8 atom stereocenters. The fraction of sp³-hybridized carbons (Fsp3) is 0.744. The number of hydrogen-bond acceptors (Lipinski definition) is 6. The van der Waals surface area contributed by atoms with Crippen LogP contribution >= 0.6 is 0 Å². The van der Waals surface area contributed by atoms with E-state index in [1.807, 2.05) is 6.92 Å². The van der Waals surface area contributed by atoms with Crippen LogP contribution in [0.2, 0.25) is 26.2 Å². The van der Waals surface area contributed by atoms with E-state index in [1.165, 1.54) is 5.57 Å². The number of carbonyl (C=O) groups is 2. The molecule has 1 saturated heterocycles. The van der Waals surface area contributed by atoms with E-state index >= 15 is 0 Å². The van der Waals surface area contributed by atoms with Crippen LogP contribution in [0.15, 0.2) is 49.1 Å². The first kappa shape index (κ1) is 39.7. The molecule has 1 unspecified atom stereocenters. The van der Waals surface area contributed by atoms with E-state index in [-0.39, 0.29) is 58.6 Å². The molecule has 3 rings (SSSR count). The molecule has 1 fully saturated rings. The molecule has 0 amide bonds. The zero-order valence-corrected chi connectivity index (χ0v) is 34.0. The van der Waals surface area contributed by atoms with Crippen LogP contribution in [0.3, 0.4) is 0 Å². The lowest BCUT2D eigenvalue weighted by Crippen LogP contribution is -2.55. The Labute approximate surface area is 290 Å². The standard InChI is InChI=1S/C39H66O6Si2/c1-15-20-38(9,21-16-2)35(41)43-31-23-27(36(3,4)5)22-26-18-17-19-29(32(26)31)39(10,45-47(13)14)25-28-24-30(37(6,7)8)33(34(40)42-28)44-46(11)12/h15-18,22,27-33,46-47H,1-2,19-21,23-25H2,3-14H3/t27-,28-,29+,30+,31+,32+,33?,39+/m1/s1. The van der Waals surface area contributed by atoms with Crippen LogP contribution in [0.4, 0.5) is 0 Å². The second-order valence-corrected chi connectivity index (χ2v) is 22.4. The quantitative estimate of drug-likeness (QED) is 0.110. The summed E-state index contributed by atoms with van der Waals surface area (Å²) < 4.78 is 26.2. The van der Waals surface area contributed by atoms with E-state index in [0.717, 1.165) is 19.3 Å². The average molecular weight is 687 g/mol. The number of allylic oxidation sites excluding steroid dienone is 5. The minimum absolute atomic E-state index is 0.00925. The largest absolute Gasteiger partial charge is 0.461 e. The van der Waals surface area contributed by atoms with Crippen LogP contribution in [-0.4, -0.2) is 53.9 Å². The highest BCUT2D eigenvalue weighted by Gasteiger charge is 2.53. The van der Waals surface area contributed by atoms with Gasteiger partial charge in [-0.25, -0.2) is 4.79 Å². The van der Waals surface area contributed by atoms with Crippen LogP contribution in [0, 0.1) is 39.9 Å². The lowest BCUT2D eigenvalue weighted by Gasteiger charge is -2.52. The van der Waals surface area contributed by atoms with Crippen LogP contribution in [-0.2, 0) is 27.9 Å². The summed E-state index contributed by atoms with van der Waals surface area (Å²) in [6, 6.07) is 0. The lowest BCUT2D eigenvalue weighted by atomic mass is 9.61. The Balaban J connectivity index is 2.05. The highest BCUT2D eigenvalue weighted by Crippen LogP contribution is 2.51. The number of rotatable bonds is 13. The zero-order valence-electron chi connectivity index (χ0n) is 31.7. The van der Waals surface area contributed by atoms with Gasteiger partial charge in [-0.2, -0.15) is 0 Å². The van der Waals surface area contributed by atoms with Gasteiger partial charge in [0.1, 0.15) is 18.3 Å². The Morgan fingerprint density at radius 2 is 1.55 bits per heavy atom. The van der Waals surface area contributed by atoms with E-state index in [0.29, 0.717) is 19.3 Å². The van der Waals surface area contributed by atoms with Crippen LogP contribution in [0.1, 0.15) is 93.9 Å². The van der Waals surface area contributed by atoms with Crippen molar-refractivity contribution in [1.29, 1.82) is 0 Å². The highest BCUT2D eigenvalue weighted by molar-refractivity contribution is 6.48. The Kier molecular flexibility index (Phi) is 13.0. The van der Waals surface area contributed by atoms with E-state index in [1.54, 1.807) is 12.2 Å². The number of esters is 2. The monoisotopic (exact) mass is 686 g/mol. The molecule has 0 spiro atoms. The van der Waals surface area contributed by atoms with Gasteiger partial charge < -0.3 is 18.3 Å². The summed E-state index contributed by atoms with van der Waals surface area (Å²) in [6.45, 7) is 34.0. The summed E-state index contributed by atoms with van der Waals surface area (Å²) in [5.41, 5.74) is -0.193. The Morgan fingerprint density at radius 1 is 0.936 bits per heavy atom. The summed E-state index contributed by atoms with van der Waals surface area (Å²) in [7, 11) is -3.01. The van der Waals surface area contributed by atoms with Crippen molar-refractivity contribution in [1.82, 2.24) is 0 Å². The lowest BCUT2D eigenvalue weighted by molar-refractivity contribution is -0.183. The molecule has 6 nitrogen and oxygen atoms in total. The van der Waals surface area contributed by atoms with Gasteiger partial charge in [0.05, 0.1) is 11.0 Å². The molecular formula is C39H66O6Si2. The first-order chi connectivity index (χ1) is 21.6. The van der Waals surface area contributed by atoms with Crippen molar-refractivity contribution in [3.8, 4) is 0 Å². The molecular weight excluding hydrogens is 621 g/mol. The number of carbonyl (C=O) groups excluding carboxylic acids is 2. The summed E-state index contributed by atoms with van der Waals surface area (Å²) in [5, 5.41) is 0. The van der Waals surface area contributed by atoms with Gasteiger partial charge in [0.15, 0.2) is 18.1 Å². The molecule has 0 bridgehead atoms. The van der Waals surface area contributed by atoms with E-state index in [4.69, 9.17) is 18.3 Å². The molecule has 0 radical (unpaired) electrons. The predicted octanol–water partition coefficient (Wildman–Crippen LogP) is 8.74. The van der Waals surface area contributed by atoms with Crippen molar-refractivity contribution in [3.05, 3.63) is 49.1 Å². The molecule has 266 valence electrons. The molecule has 0 aromatic carbocycles. The molecule has 2 aliphatic carbocycles. The molecule has 1 aliphatic heterocycles. The summed E-state index contributed by atoms with van der Waals surface area (Å²) >= 11 is 0. The smallest absolute Gasteiger partial charge is 0.334 e. The van der Waals surface area contributed by atoms with E-state index < -0.39 is 35.2 Å². The SMILES string of the molecule is C=CCC(C)(CC=C)C(=O)O[C@H]1C[C@H](C(C)(C)C)C=C2C=CC[C@H]([C@](C)(C[C@H]3C[C@H](C(C)(C)C)C(O[SiH](C)C)C(=O)O3)O[SiH](C)C)[C@H]21.